The van der Waals surface area contributed by atoms with Crippen molar-refractivity contribution in [3.05, 3.63) is 41.7 Å². The second-order valence-electron chi connectivity index (χ2n) is 7.87. The lowest BCUT2D eigenvalue weighted by Gasteiger charge is -2.40. The molecular formula is C21H29BO2. The number of rotatable bonds is 4. The highest BCUT2D eigenvalue weighted by Crippen LogP contribution is 2.48. The van der Waals surface area contributed by atoms with Crippen LogP contribution in [0.5, 0.6) is 5.75 Å². The van der Waals surface area contributed by atoms with Gasteiger partial charge in [-0.15, -0.1) is 0 Å². The molecule has 1 aliphatic carbocycles. The first-order chi connectivity index (χ1) is 11.8. The summed E-state index contributed by atoms with van der Waals surface area (Å²) in [5.41, 5.74) is 1.39. The molecule has 128 valence electrons. The van der Waals surface area contributed by atoms with Crippen molar-refractivity contribution in [2.75, 3.05) is 7.11 Å². The summed E-state index contributed by atoms with van der Waals surface area (Å²) in [6, 6.07) is 8.56. The van der Waals surface area contributed by atoms with Crippen LogP contribution in [0, 0.1) is 0 Å². The zero-order valence-corrected chi connectivity index (χ0v) is 14.9. The molecule has 2 heterocycles. The summed E-state index contributed by atoms with van der Waals surface area (Å²) in [5.74, 6) is 4.35. The van der Waals surface area contributed by atoms with Crippen molar-refractivity contribution in [3.63, 3.8) is 0 Å². The molecule has 2 nitrogen and oxygen atoms in total. The van der Waals surface area contributed by atoms with Gasteiger partial charge in [-0.1, -0.05) is 50.7 Å². The lowest BCUT2D eigenvalue weighted by molar-refractivity contribution is 0.313. The minimum Gasteiger partial charge on any atom is -0.563 e. The lowest BCUT2D eigenvalue weighted by Crippen LogP contribution is -2.37. The van der Waals surface area contributed by atoms with Crippen LogP contribution >= 0.6 is 0 Å². The highest BCUT2D eigenvalue weighted by molar-refractivity contribution is 6.56. The van der Waals surface area contributed by atoms with Gasteiger partial charge < -0.3 is 9.39 Å². The summed E-state index contributed by atoms with van der Waals surface area (Å²) < 4.78 is 11.9. The van der Waals surface area contributed by atoms with E-state index in [0.717, 1.165) is 23.8 Å². The molecule has 0 N–H and O–H groups in total. The Kier molecular flexibility index (Phi) is 4.87. The maximum absolute atomic E-state index is 6.63. The molecule has 2 aliphatic heterocycles. The van der Waals surface area contributed by atoms with E-state index in [1.54, 1.807) is 7.11 Å². The molecule has 2 fully saturated rings. The molecule has 2 saturated heterocycles. The van der Waals surface area contributed by atoms with Gasteiger partial charge in [-0.05, 0) is 48.2 Å². The van der Waals surface area contributed by atoms with E-state index in [1.165, 1.54) is 62.7 Å². The van der Waals surface area contributed by atoms with Gasteiger partial charge in [0.05, 0.1) is 12.9 Å². The Labute approximate surface area is 146 Å². The molecule has 0 unspecified atom stereocenters. The predicted molar refractivity (Wildman–Crippen MR) is 99.7 cm³/mol. The number of ether oxygens (including phenoxy) is 1. The van der Waals surface area contributed by atoms with E-state index >= 15 is 0 Å². The summed E-state index contributed by atoms with van der Waals surface area (Å²) >= 11 is 0. The molecule has 24 heavy (non-hydrogen) atoms. The van der Waals surface area contributed by atoms with Crippen LogP contribution in [0.1, 0.15) is 69.3 Å². The van der Waals surface area contributed by atoms with E-state index in [-0.39, 0.29) is 0 Å². The Balaban J connectivity index is 1.47. The standard InChI is InChI=1S/C21H29BO2/c1-23-20-13-11-16(12-14-20)17-5-2-10-21(15-17)24-22-18-6-3-7-19(22)9-4-8-18/h11-15,17-19H,2-10H2,1H3/t17-,18?,19?/m0/s1. The summed E-state index contributed by atoms with van der Waals surface area (Å²) in [4.78, 5) is 0. The Hall–Kier alpha value is -1.38. The van der Waals surface area contributed by atoms with Crippen molar-refractivity contribution >= 4 is 6.92 Å². The normalized spacial score (nSPS) is 29.8. The first-order valence-electron chi connectivity index (χ1n) is 9.85. The zero-order chi connectivity index (χ0) is 16.4. The smallest absolute Gasteiger partial charge is 0.363 e. The molecule has 2 bridgehead atoms. The quantitative estimate of drug-likeness (QED) is 0.636. The summed E-state index contributed by atoms with van der Waals surface area (Å²) in [7, 11) is 1.72. The molecule has 0 saturated carbocycles. The molecule has 1 atom stereocenters. The minimum absolute atomic E-state index is 0.503. The van der Waals surface area contributed by atoms with Crippen molar-refractivity contribution in [2.45, 2.75) is 75.3 Å². The van der Waals surface area contributed by atoms with Crippen molar-refractivity contribution in [3.8, 4) is 5.75 Å². The molecule has 4 rings (SSSR count). The minimum atomic E-state index is 0.503. The Morgan fingerprint density at radius 1 is 0.875 bits per heavy atom. The number of allylic oxidation sites excluding steroid dienone is 2. The van der Waals surface area contributed by atoms with Gasteiger partial charge in [0.25, 0.3) is 0 Å². The van der Waals surface area contributed by atoms with Gasteiger partial charge in [-0.25, -0.2) is 0 Å². The fourth-order valence-electron chi connectivity index (χ4n) is 5.08. The fourth-order valence-corrected chi connectivity index (χ4v) is 5.08. The summed E-state index contributed by atoms with van der Waals surface area (Å²) in [6.45, 7) is 0.508. The Morgan fingerprint density at radius 2 is 1.54 bits per heavy atom. The molecule has 0 aromatic heterocycles. The van der Waals surface area contributed by atoms with Gasteiger partial charge >= 0.3 is 6.92 Å². The fraction of sp³-hybridized carbons (Fsp3) is 0.619. The largest absolute Gasteiger partial charge is 0.563 e. The van der Waals surface area contributed by atoms with Crippen LogP contribution < -0.4 is 4.74 Å². The van der Waals surface area contributed by atoms with Gasteiger partial charge in [0.15, 0.2) is 0 Å². The third-order valence-electron chi connectivity index (χ3n) is 6.39. The Bertz CT molecular complexity index is 558. The van der Waals surface area contributed by atoms with E-state index < -0.39 is 0 Å². The molecule has 1 aromatic carbocycles. The average Bonchev–Trinajstić information content (AvgIpc) is 2.62. The van der Waals surface area contributed by atoms with E-state index in [2.05, 4.69) is 30.3 Å². The SMILES string of the molecule is COc1ccc([C@@H]2C=C(OB3C4CCCC3CCC4)CCC2)cc1. The lowest BCUT2D eigenvalue weighted by atomic mass is 9.38. The van der Waals surface area contributed by atoms with Gasteiger partial charge in [0, 0.05) is 12.3 Å². The van der Waals surface area contributed by atoms with E-state index in [4.69, 9.17) is 9.39 Å². The van der Waals surface area contributed by atoms with Gasteiger partial charge in [0.2, 0.25) is 0 Å². The molecule has 0 spiro atoms. The second-order valence-corrected chi connectivity index (χ2v) is 7.87. The van der Waals surface area contributed by atoms with Gasteiger partial charge in [-0.3, -0.25) is 0 Å². The predicted octanol–water partition coefficient (Wildman–Crippen LogP) is 5.96. The Morgan fingerprint density at radius 3 is 2.17 bits per heavy atom. The molecular weight excluding hydrogens is 295 g/mol. The maximum Gasteiger partial charge on any atom is 0.363 e. The zero-order valence-electron chi connectivity index (χ0n) is 14.9. The third-order valence-corrected chi connectivity index (χ3v) is 6.39. The second kappa shape index (κ2) is 7.25. The first-order valence-corrected chi connectivity index (χ1v) is 9.85. The molecule has 0 radical (unpaired) electrons. The molecule has 1 aromatic rings. The number of fused-ring (bicyclic) bond motifs is 2. The van der Waals surface area contributed by atoms with Crippen molar-refractivity contribution in [2.24, 2.45) is 0 Å². The number of benzene rings is 1. The molecule has 0 amide bonds. The number of hydrogen-bond donors (Lipinski definition) is 0. The molecule has 3 heteroatoms. The van der Waals surface area contributed by atoms with Crippen LogP contribution in [-0.4, -0.2) is 14.0 Å². The highest BCUT2D eigenvalue weighted by Gasteiger charge is 2.43. The van der Waals surface area contributed by atoms with Crippen LogP contribution in [0.4, 0.5) is 0 Å². The van der Waals surface area contributed by atoms with Crippen molar-refractivity contribution in [1.82, 2.24) is 0 Å². The monoisotopic (exact) mass is 324 g/mol. The van der Waals surface area contributed by atoms with Crippen LogP contribution in [-0.2, 0) is 4.65 Å². The van der Waals surface area contributed by atoms with Crippen LogP contribution in [0.2, 0.25) is 11.6 Å². The van der Waals surface area contributed by atoms with Crippen molar-refractivity contribution in [1.29, 1.82) is 0 Å². The highest BCUT2D eigenvalue weighted by atomic mass is 16.5. The van der Waals surface area contributed by atoms with Crippen LogP contribution in [0.25, 0.3) is 0 Å². The van der Waals surface area contributed by atoms with Crippen LogP contribution in [0.3, 0.4) is 0 Å². The van der Waals surface area contributed by atoms with E-state index in [9.17, 15) is 0 Å². The third kappa shape index (κ3) is 3.36. The summed E-state index contributed by atoms with van der Waals surface area (Å²) in [5, 5.41) is 0. The van der Waals surface area contributed by atoms with E-state index in [0.29, 0.717) is 12.8 Å². The summed E-state index contributed by atoms with van der Waals surface area (Å²) in [6.07, 6.45) is 14.4. The average molecular weight is 324 g/mol. The van der Waals surface area contributed by atoms with E-state index in [1.807, 2.05) is 0 Å². The van der Waals surface area contributed by atoms with Gasteiger partial charge in [-0.2, -0.15) is 0 Å². The van der Waals surface area contributed by atoms with Crippen molar-refractivity contribution < 1.29 is 9.39 Å². The first kappa shape index (κ1) is 16.1. The topological polar surface area (TPSA) is 18.5 Å². The van der Waals surface area contributed by atoms with Crippen LogP contribution in [0.15, 0.2) is 36.1 Å². The number of methoxy groups -OCH3 is 1. The number of hydrogen-bond acceptors (Lipinski definition) is 2. The molecule has 3 aliphatic rings. The van der Waals surface area contributed by atoms with Gasteiger partial charge in [0.1, 0.15) is 5.75 Å². The maximum atomic E-state index is 6.63.